The fraction of sp³-hybridized carbons (Fsp3) is 0.833. The van der Waals surface area contributed by atoms with Crippen LogP contribution in [-0.4, -0.2) is 44.4 Å². The molecular formula is C12H19F3IN3O3. The van der Waals surface area contributed by atoms with Crippen LogP contribution in [0, 0.1) is 5.92 Å². The fourth-order valence-corrected chi connectivity index (χ4v) is 3.27. The molecule has 10 heteroatoms. The first-order valence-corrected chi connectivity index (χ1v) is 8.02. The summed E-state index contributed by atoms with van der Waals surface area (Å²) in [6, 6.07) is -1.58. The van der Waals surface area contributed by atoms with Gasteiger partial charge in [-0.05, 0) is 48.8 Å². The SMILES string of the molecule is CC(=O)C(I)N(C(=O)NC(N)O)C1CCCC(C(F)(F)F)C1. The Labute approximate surface area is 139 Å². The number of nitrogens with one attached hydrogen (secondary N) is 1. The highest BCUT2D eigenvalue weighted by Gasteiger charge is 2.45. The zero-order valence-corrected chi connectivity index (χ0v) is 14.1. The number of hydrogen-bond donors (Lipinski definition) is 3. The number of Topliss-reactive ketones (excluding diaryl/α,β-unsaturated/α-hetero) is 1. The normalized spacial score (nSPS) is 25.2. The van der Waals surface area contributed by atoms with E-state index in [-0.39, 0.29) is 18.6 Å². The Balaban J connectivity index is 2.95. The second-order valence-electron chi connectivity index (χ2n) is 5.31. The molecule has 1 rings (SSSR count). The van der Waals surface area contributed by atoms with E-state index in [0.717, 1.165) is 4.90 Å². The first kappa shape index (κ1) is 19.4. The topological polar surface area (TPSA) is 95.7 Å². The Bertz CT molecular complexity index is 420. The van der Waals surface area contributed by atoms with E-state index in [1.807, 2.05) is 5.32 Å². The number of ketones is 1. The standard InChI is InChI=1S/C12H19F3IN3O3/c1-6(20)9(16)19(11(22)18-10(17)21)8-4-2-3-7(5-8)12(13,14)15/h7-10,21H,2-5,17H2,1H3,(H,18,22). The van der Waals surface area contributed by atoms with Gasteiger partial charge in [0.1, 0.15) is 4.05 Å². The largest absolute Gasteiger partial charge is 0.391 e. The average molecular weight is 437 g/mol. The maximum absolute atomic E-state index is 12.9. The molecule has 0 saturated heterocycles. The molecule has 0 heterocycles. The number of carbonyl (C=O) groups is 2. The summed E-state index contributed by atoms with van der Waals surface area (Å²) in [4.78, 5) is 24.7. The number of carbonyl (C=O) groups excluding carboxylic acids is 2. The minimum Gasteiger partial charge on any atom is -0.361 e. The van der Waals surface area contributed by atoms with Gasteiger partial charge in [-0.25, -0.2) is 4.79 Å². The zero-order valence-electron chi connectivity index (χ0n) is 11.9. The second-order valence-corrected chi connectivity index (χ2v) is 6.49. The summed E-state index contributed by atoms with van der Waals surface area (Å²) in [6.45, 7) is 1.25. The molecule has 1 aliphatic carbocycles. The van der Waals surface area contributed by atoms with Gasteiger partial charge in [-0.15, -0.1) is 0 Å². The molecular weight excluding hydrogens is 418 g/mol. The Kier molecular flexibility index (Phi) is 6.86. The monoisotopic (exact) mass is 437 g/mol. The number of amides is 2. The number of nitrogens with two attached hydrogens (primary N) is 1. The van der Waals surface area contributed by atoms with Crippen LogP contribution in [0.2, 0.25) is 0 Å². The second kappa shape index (κ2) is 7.77. The molecule has 22 heavy (non-hydrogen) atoms. The predicted molar refractivity (Wildman–Crippen MR) is 80.9 cm³/mol. The van der Waals surface area contributed by atoms with E-state index in [9.17, 15) is 22.8 Å². The average Bonchev–Trinajstić information content (AvgIpc) is 2.37. The lowest BCUT2D eigenvalue weighted by Crippen LogP contribution is -2.56. The molecule has 6 nitrogen and oxygen atoms in total. The van der Waals surface area contributed by atoms with Crippen LogP contribution >= 0.6 is 22.6 Å². The number of alkyl halides is 4. The van der Waals surface area contributed by atoms with Crippen LogP contribution in [-0.2, 0) is 4.79 Å². The van der Waals surface area contributed by atoms with Crippen LogP contribution in [0.5, 0.6) is 0 Å². The van der Waals surface area contributed by atoms with Gasteiger partial charge in [0.25, 0.3) is 0 Å². The maximum Gasteiger partial charge on any atom is 0.391 e. The zero-order chi connectivity index (χ0) is 17.1. The van der Waals surface area contributed by atoms with Crippen molar-refractivity contribution in [1.82, 2.24) is 10.2 Å². The van der Waals surface area contributed by atoms with Gasteiger partial charge in [0.05, 0.1) is 5.92 Å². The number of aliphatic hydroxyl groups excluding tert-OH is 1. The summed E-state index contributed by atoms with van der Waals surface area (Å²) in [5, 5.41) is 11.0. The van der Waals surface area contributed by atoms with E-state index in [4.69, 9.17) is 10.8 Å². The first-order chi connectivity index (χ1) is 10.0. The number of aliphatic hydroxyl groups is 1. The minimum absolute atomic E-state index is 0.0148. The van der Waals surface area contributed by atoms with Crippen molar-refractivity contribution in [3.63, 3.8) is 0 Å². The van der Waals surface area contributed by atoms with Crippen LogP contribution in [0.4, 0.5) is 18.0 Å². The highest BCUT2D eigenvalue weighted by molar-refractivity contribution is 14.1. The highest BCUT2D eigenvalue weighted by atomic mass is 127. The summed E-state index contributed by atoms with van der Waals surface area (Å²) in [7, 11) is 0. The molecule has 0 aromatic heterocycles. The molecule has 0 spiro atoms. The van der Waals surface area contributed by atoms with Crippen LogP contribution < -0.4 is 11.1 Å². The lowest BCUT2D eigenvalue weighted by molar-refractivity contribution is -0.186. The maximum atomic E-state index is 12.9. The van der Waals surface area contributed by atoms with E-state index < -0.39 is 34.6 Å². The van der Waals surface area contributed by atoms with Gasteiger partial charge < -0.3 is 10.0 Å². The Morgan fingerprint density at radius 3 is 2.45 bits per heavy atom. The Morgan fingerprint density at radius 2 is 2.00 bits per heavy atom. The number of nitrogens with zero attached hydrogens (tertiary/aromatic N) is 1. The smallest absolute Gasteiger partial charge is 0.361 e. The molecule has 2 amide bonds. The summed E-state index contributed by atoms with van der Waals surface area (Å²) in [5.74, 6) is -1.86. The quantitative estimate of drug-likeness (QED) is 0.270. The van der Waals surface area contributed by atoms with Gasteiger partial charge >= 0.3 is 12.2 Å². The molecule has 1 aliphatic rings. The van der Waals surface area contributed by atoms with Gasteiger partial charge in [-0.2, -0.15) is 13.2 Å². The summed E-state index contributed by atoms with van der Waals surface area (Å²) in [6.07, 6.45) is -5.54. The van der Waals surface area contributed by atoms with Gasteiger partial charge in [-0.3, -0.25) is 15.8 Å². The Hall–Kier alpha value is -0.620. The van der Waals surface area contributed by atoms with Crippen molar-refractivity contribution in [2.24, 2.45) is 11.7 Å². The van der Waals surface area contributed by atoms with E-state index in [0.29, 0.717) is 12.8 Å². The molecule has 0 aliphatic heterocycles. The van der Waals surface area contributed by atoms with Crippen molar-refractivity contribution < 1.29 is 27.9 Å². The van der Waals surface area contributed by atoms with Crippen LogP contribution in [0.3, 0.4) is 0 Å². The van der Waals surface area contributed by atoms with Crippen molar-refractivity contribution in [1.29, 1.82) is 0 Å². The van der Waals surface area contributed by atoms with Crippen molar-refractivity contribution in [2.75, 3.05) is 0 Å². The lowest BCUT2D eigenvalue weighted by atomic mass is 9.84. The molecule has 0 aromatic rings. The molecule has 4 atom stereocenters. The molecule has 0 bridgehead atoms. The van der Waals surface area contributed by atoms with Crippen molar-refractivity contribution in [3.05, 3.63) is 0 Å². The first-order valence-electron chi connectivity index (χ1n) is 6.77. The minimum atomic E-state index is -4.33. The van der Waals surface area contributed by atoms with Crippen molar-refractivity contribution >= 4 is 34.4 Å². The highest BCUT2D eigenvalue weighted by Crippen LogP contribution is 2.39. The fourth-order valence-electron chi connectivity index (χ4n) is 2.56. The number of hydrogen-bond acceptors (Lipinski definition) is 4. The molecule has 0 aromatic carbocycles. The molecule has 4 unspecified atom stereocenters. The predicted octanol–water partition coefficient (Wildman–Crippen LogP) is 1.70. The van der Waals surface area contributed by atoms with Gasteiger partial charge in [0.2, 0.25) is 0 Å². The summed E-state index contributed by atoms with van der Waals surface area (Å²) < 4.78 is 37.8. The van der Waals surface area contributed by atoms with Gasteiger partial charge in [0.15, 0.2) is 12.1 Å². The number of rotatable bonds is 4. The van der Waals surface area contributed by atoms with E-state index in [1.54, 1.807) is 22.6 Å². The molecule has 0 radical (unpaired) electrons. The number of halogens is 4. The Morgan fingerprint density at radius 1 is 1.41 bits per heavy atom. The molecule has 1 saturated carbocycles. The van der Waals surface area contributed by atoms with E-state index in [1.165, 1.54) is 6.92 Å². The summed E-state index contributed by atoms with van der Waals surface area (Å²) >= 11 is 1.70. The van der Waals surface area contributed by atoms with Crippen molar-refractivity contribution in [2.45, 2.75) is 55.2 Å². The van der Waals surface area contributed by atoms with E-state index in [2.05, 4.69) is 0 Å². The van der Waals surface area contributed by atoms with Crippen LogP contribution in [0.1, 0.15) is 32.6 Å². The van der Waals surface area contributed by atoms with Crippen molar-refractivity contribution in [3.8, 4) is 0 Å². The molecule has 4 N–H and O–H groups in total. The van der Waals surface area contributed by atoms with E-state index >= 15 is 0 Å². The summed E-state index contributed by atoms with van der Waals surface area (Å²) in [5.41, 5.74) is 5.06. The van der Waals surface area contributed by atoms with Gasteiger partial charge in [0, 0.05) is 6.04 Å². The molecule has 128 valence electrons. The lowest BCUT2D eigenvalue weighted by Gasteiger charge is -2.39. The third kappa shape index (κ3) is 5.23. The van der Waals surface area contributed by atoms with Crippen LogP contribution in [0.25, 0.3) is 0 Å². The van der Waals surface area contributed by atoms with Gasteiger partial charge in [-0.1, -0.05) is 6.42 Å². The third-order valence-electron chi connectivity index (χ3n) is 3.59. The number of urea groups is 1. The molecule has 1 fully saturated rings. The third-order valence-corrected chi connectivity index (χ3v) is 5.07. The van der Waals surface area contributed by atoms with Crippen LogP contribution in [0.15, 0.2) is 0 Å².